The van der Waals surface area contributed by atoms with Gasteiger partial charge in [0, 0.05) is 77.3 Å². The van der Waals surface area contributed by atoms with E-state index >= 15 is 0 Å². The number of ketones is 8. The van der Waals surface area contributed by atoms with Gasteiger partial charge in [0.15, 0.2) is 34.7 Å². The summed E-state index contributed by atoms with van der Waals surface area (Å²) >= 11 is 0. The van der Waals surface area contributed by atoms with E-state index in [1.54, 1.807) is 20.8 Å². The van der Waals surface area contributed by atoms with Crippen LogP contribution in [0.5, 0.6) is 0 Å². The summed E-state index contributed by atoms with van der Waals surface area (Å²) in [5.41, 5.74) is 13.3. The van der Waals surface area contributed by atoms with Crippen LogP contribution >= 0.6 is 0 Å². The summed E-state index contributed by atoms with van der Waals surface area (Å²) in [5.74, 6) is 1.99. The lowest BCUT2D eigenvalue weighted by molar-refractivity contribution is -0.121. The maximum absolute atomic E-state index is 11.3. The molecule has 0 aliphatic carbocycles. The molecule has 8 aromatic carbocycles. The molecule has 0 amide bonds. The Labute approximate surface area is 559 Å². The molecule has 0 spiro atoms. The Hall–Kier alpha value is -8.88. The van der Waals surface area contributed by atoms with Gasteiger partial charge in [0.1, 0.15) is 11.6 Å². The molecule has 494 valence electrons. The zero-order valence-corrected chi connectivity index (χ0v) is 58.6. The van der Waals surface area contributed by atoms with Gasteiger partial charge in [0.05, 0.1) is 0 Å². The van der Waals surface area contributed by atoms with Crippen LogP contribution in [0.4, 0.5) is 0 Å². The van der Waals surface area contributed by atoms with Crippen molar-refractivity contribution >= 4 is 46.3 Å². The van der Waals surface area contributed by atoms with Gasteiger partial charge in [-0.05, 0) is 107 Å². The van der Waals surface area contributed by atoms with E-state index in [0.29, 0.717) is 37.9 Å². The Morgan fingerprint density at radius 1 is 0.355 bits per heavy atom. The van der Waals surface area contributed by atoms with Crippen LogP contribution in [-0.4, -0.2) is 46.3 Å². The van der Waals surface area contributed by atoms with Crippen molar-refractivity contribution in [1.82, 2.24) is 0 Å². The Morgan fingerprint density at radius 2 is 0.742 bits per heavy atom. The first-order chi connectivity index (χ1) is 44.4. The zero-order chi connectivity index (χ0) is 69.5. The molecule has 0 fully saturated rings. The van der Waals surface area contributed by atoms with Gasteiger partial charge < -0.3 is 4.79 Å². The summed E-state index contributed by atoms with van der Waals surface area (Å²) in [7, 11) is 0. The number of aryl methyl sites for hydroxylation is 6. The summed E-state index contributed by atoms with van der Waals surface area (Å²) in [6.45, 7) is 28.6. The van der Waals surface area contributed by atoms with Gasteiger partial charge >= 0.3 is 0 Å². The Kier molecular flexibility index (Phi) is 43.1. The smallest absolute Gasteiger partial charge is 0.165 e. The minimum absolute atomic E-state index is 0.0948. The quantitative estimate of drug-likeness (QED) is 0.0483. The molecule has 0 atom stereocenters. The number of unbranched alkanes of at least 4 members (excludes halogenated alkanes) is 2. The molecule has 0 radical (unpaired) electrons. The van der Waals surface area contributed by atoms with E-state index in [4.69, 9.17) is 0 Å². The molecule has 8 heteroatoms. The third-order valence-corrected chi connectivity index (χ3v) is 14.5. The topological polar surface area (TPSA) is 137 Å². The molecule has 8 nitrogen and oxygen atoms in total. The SMILES string of the molecule is CC(=O)CCc1ccccc1.CC(=O)c1c(C)cc(C)cc1C.CC(C)C(=O)Cc1ccccc1.CC(C)C(=O)c1ccccc1.CCC(=O)c1ccc(CC)cc1.CCC(=O)c1ccccc1.CCCC(=O)c1ccccc1.CCCCCc1ccc(C(C)=O)cc1. The van der Waals surface area contributed by atoms with Crippen LogP contribution in [0.3, 0.4) is 0 Å². The Balaban J connectivity index is 0.000000532. The number of rotatable bonds is 22. The first kappa shape index (κ1) is 82.1. The fourth-order valence-corrected chi connectivity index (χ4v) is 9.08. The summed E-state index contributed by atoms with van der Waals surface area (Å²) < 4.78 is 0. The third-order valence-electron chi connectivity index (χ3n) is 14.5. The normalized spacial score (nSPS) is 9.86. The lowest BCUT2D eigenvalue weighted by atomic mass is 9.97. The average molecular weight is 1260 g/mol. The van der Waals surface area contributed by atoms with Crippen LogP contribution < -0.4 is 0 Å². The Bertz CT molecular complexity index is 3380. The van der Waals surface area contributed by atoms with Gasteiger partial charge in [-0.3, -0.25) is 33.6 Å². The van der Waals surface area contributed by atoms with Gasteiger partial charge in [0.2, 0.25) is 0 Å². The summed E-state index contributed by atoms with van der Waals surface area (Å²) in [6.07, 6.45) is 10.8. The van der Waals surface area contributed by atoms with E-state index < -0.39 is 0 Å². The molecule has 0 N–H and O–H groups in total. The third kappa shape index (κ3) is 36.7. The highest BCUT2D eigenvalue weighted by atomic mass is 16.2. The van der Waals surface area contributed by atoms with Crippen LogP contribution in [-0.2, 0) is 35.3 Å². The van der Waals surface area contributed by atoms with Gasteiger partial charge in [-0.1, -0.05) is 293 Å². The molecule has 8 aromatic rings. The lowest BCUT2D eigenvalue weighted by Crippen LogP contribution is -2.09. The minimum Gasteiger partial charge on any atom is -0.300 e. The van der Waals surface area contributed by atoms with Crippen molar-refractivity contribution in [3.05, 3.63) is 285 Å². The van der Waals surface area contributed by atoms with E-state index in [2.05, 4.69) is 26.0 Å². The van der Waals surface area contributed by atoms with Crippen LogP contribution in [0.25, 0.3) is 0 Å². The molecule has 93 heavy (non-hydrogen) atoms. The summed E-state index contributed by atoms with van der Waals surface area (Å²) in [5, 5.41) is 0. The number of hydrogen-bond acceptors (Lipinski definition) is 8. The van der Waals surface area contributed by atoms with Crippen molar-refractivity contribution in [3.63, 3.8) is 0 Å². The van der Waals surface area contributed by atoms with Gasteiger partial charge in [-0.15, -0.1) is 0 Å². The molecule has 0 aliphatic rings. The average Bonchev–Trinajstić information content (AvgIpc) is 2.54. The van der Waals surface area contributed by atoms with Crippen molar-refractivity contribution in [2.75, 3.05) is 0 Å². The number of carbonyl (C=O) groups is 8. The monoisotopic (exact) mass is 1250 g/mol. The van der Waals surface area contributed by atoms with Crippen molar-refractivity contribution in [1.29, 1.82) is 0 Å². The second kappa shape index (κ2) is 48.8. The molecule has 0 saturated heterocycles. The number of hydrogen-bond donors (Lipinski definition) is 0. The number of carbonyl (C=O) groups excluding carboxylic acids is 8. The zero-order valence-electron chi connectivity index (χ0n) is 58.6. The highest BCUT2D eigenvalue weighted by molar-refractivity contribution is 5.98. The molecule has 0 bridgehead atoms. The largest absolute Gasteiger partial charge is 0.300 e. The van der Waals surface area contributed by atoms with Gasteiger partial charge in [0.25, 0.3) is 0 Å². The van der Waals surface area contributed by atoms with Crippen LogP contribution in [0, 0.1) is 32.6 Å². The second-order valence-corrected chi connectivity index (χ2v) is 23.4. The summed E-state index contributed by atoms with van der Waals surface area (Å²) in [4.78, 5) is 89.0. The summed E-state index contributed by atoms with van der Waals surface area (Å²) in [6, 6.07) is 68.0. The number of benzene rings is 8. The molecule has 0 aromatic heterocycles. The van der Waals surface area contributed by atoms with Gasteiger partial charge in [-0.2, -0.15) is 0 Å². The fourth-order valence-electron chi connectivity index (χ4n) is 9.08. The van der Waals surface area contributed by atoms with Crippen LogP contribution in [0.2, 0.25) is 0 Å². The molecule has 8 rings (SSSR count). The van der Waals surface area contributed by atoms with Crippen molar-refractivity contribution in [2.24, 2.45) is 11.8 Å². The molecule has 0 saturated carbocycles. The second-order valence-electron chi connectivity index (χ2n) is 23.4. The Morgan fingerprint density at radius 3 is 1.12 bits per heavy atom. The molecule has 0 aliphatic heterocycles. The maximum atomic E-state index is 11.3. The minimum atomic E-state index is 0.0948. The van der Waals surface area contributed by atoms with Crippen LogP contribution in [0.15, 0.2) is 212 Å². The number of Topliss-reactive ketones (excluding diaryl/α,β-unsaturated/α-hetero) is 8. The predicted molar refractivity (Wildman–Crippen MR) is 389 cm³/mol. The van der Waals surface area contributed by atoms with E-state index in [-0.39, 0.29) is 52.3 Å². The lowest BCUT2D eigenvalue weighted by Gasteiger charge is -2.07. The first-order valence-corrected chi connectivity index (χ1v) is 33.1. The molecule has 0 unspecified atom stereocenters. The molecular formula is C85H106O8. The van der Waals surface area contributed by atoms with Crippen LogP contribution in [0.1, 0.15) is 236 Å². The van der Waals surface area contributed by atoms with Crippen molar-refractivity contribution in [3.8, 4) is 0 Å². The van der Waals surface area contributed by atoms with E-state index in [1.165, 1.54) is 41.5 Å². The highest BCUT2D eigenvalue weighted by Crippen LogP contribution is 2.17. The first-order valence-electron chi connectivity index (χ1n) is 33.1. The maximum Gasteiger partial charge on any atom is 0.165 e. The van der Waals surface area contributed by atoms with E-state index in [1.807, 2.05) is 269 Å². The standard InChI is InChI=1S/C13H18O.3C11H14O.3C10H12O.C9H10O/c1-3-4-5-6-12-7-9-13(10-8-12)11(2)14;1-7-5-8(2)11(10(4)12)9(3)6-7;1-9(2)11(12)8-10-6-4-3-5-7-10;1-3-9-5-7-10(8-6-9)11(12)4-2;1-8(2)10(11)9-6-4-3-5-7-9;1-9(11)7-8-10-5-3-2-4-6-10;1-2-6-10(11)9-7-4-3-5-8-9;1-2-9(10)8-6-4-3-5-7-8/h7-10H,3-6H2,1-2H3;5-6H,1-4H3;3-7,9H,8H2,1-2H3;5-8H,3-4H2,1-2H3;3-8H,1-2H3;2-6H,7-8H2,1H3;3-5,7-8H,2,6H2,1H3;3-7H,2H2,1H3. The van der Waals surface area contributed by atoms with Crippen molar-refractivity contribution in [2.45, 2.75) is 181 Å². The van der Waals surface area contributed by atoms with E-state index in [9.17, 15) is 38.4 Å². The van der Waals surface area contributed by atoms with E-state index in [0.717, 1.165) is 75.8 Å². The molecule has 0 heterocycles. The van der Waals surface area contributed by atoms with Gasteiger partial charge in [-0.25, -0.2) is 0 Å². The molecular weight excluding hydrogens is 1150 g/mol. The predicted octanol–water partition coefficient (Wildman–Crippen LogP) is 21.4. The highest BCUT2D eigenvalue weighted by Gasteiger charge is 2.10. The van der Waals surface area contributed by atoms with Crippen molar-refractivity contribution < 1.29 is 38.4 Å². The fraction of sp³-hybridized carbons (Fsp3) is 0.341.